The first-order chi connectivity index (χ1) is 9.08. The van der Waals surface area contributed by atoms with E-state index in [0.717, 1.165) is 15.2 Å². The molecule has 2 N–H and O–H groups in total. The Balaban J connectivity index is 2.06. The molecule has 0 radical (unpaired) electrons. The van der Waals surface area contributed by atoms with Gasteiger partial charge in [-0.3, -0.25) is 5.41 Å². The molecule has 1 aliphatic heterocycles. The molecule has 0 unspecified atom stereocenters. The van der Waals surface area contributed by atoms with E-state index in [2.05, 4.69) is 4.98 Å². The Hall–Kier alpha value is -1.88. The van der Waals surface area contributed by atoms with Crippen LogP contribution in [0.1, 0.15) is 18.9 Å². The lowest BCUT2D eigenvalue weighted by molar-refractivity contribution is 0.318. The largest absolute Gasteiger partial charge is 0.510 e. The molecular weight excluding hydrogens is 258 g/mol. The minimum atomic E-state index is 0.196. The highest BCUT2D eigenvalue weighted by Crippen LogP contribution is 2.33. The van der Waals surface area contributed by atoms with E-state index >= 15 is 0 Å². The molecule has 3 rings (SSSR count). The Morgan fingerprint density at radius 1 is 1.37 bits per heavy atom. The van der Waals surface area contributed by atoms with Crippen LogP contribution in [0.2, 0.25) is 0 Å². The van der Waals surface area contributed by atoms with Crippen molar-refractivity contribution >= 4 is 33.0 Å². The van der Waals surface area contributed by atoms with Crippen molar-refractivity contribution in [2.24, 2.45) is 0 Å². The molecule has 0 amide bonds. The highest BCUT2D eigenvalue weighted by Gasteiger charge is 2.31. The molecule has 0 aliphatic carbocycles. The zero-order valence-corrected chi connectivity index (χ0v) is 11.7. The van der Waals surface area contributed by atoms with E-state index in [0.29, 0.717) is 18.0 Å². The normalized spacial score (nSPS) is 16.2. The average molecular weight is 273 g/mol. The topological polar surface area (TPSA) is 60.2 Å². The molecule has 0 saturated carbocycles. The van der Waals surface area contributed by atoms with E-state index < -0.39 is 0 Å². The van der Waals surface area contributed by atoms with E-state index in [9.17, 15) is 5.11 Å². The number of aliphatic hydroxyl groups is 1. The number of nitrogens with zero attached hydrogens (tertiary/aromatic N) is 2. The summed E-state index contributed by atoms with van der Waals surface area (Å²) in [7, 11) is 0. The number of hydrogen-bond acceptors (Lipinski definition) is 4. The number of aliphatic hydroxyl groups excluding tert-OH is 1. The summed E-state index contributed by atoms with van der Waals surface area (Å²) in [4.78, 5) is 6.39. The molecule has 98 valence electrons. The molecule has 5 heteroatoms. The van der Waals surface area contributed by atoms with Crippen molar-refractivity contribution in [1.29, 1.82) is 5.41 Å². The van der Waals surface area contributed by atoms with Gasteiger partial charge in [0.05, 0.1) is 22.3 Å². The third-order valence-electron chi connectivity index (χ3n) is 3.26. The molecule has 1 aliphatic rings. The number of rotatable bonds is 2. The second-order valence-corrected chi connectivity index (χ2v) is 5.91. The Morgan fingerprint density at radius 2 is 2.11 bits per heavy atom. The van der Waals surface area contributed by atoms with Gasteiger partial charge >= 0.3 is 0 Å². The number of aromatic nitrogens is 1. The van der Waals surface area contributed by atoms with Crippen LogP contribution in [0, 0.1) is 5.41 Å². The summed E-state index contributed by atoms with van der Waals surface area (Å²) >= 11 is 1.52. The summed E-state index contributed by atoms with van der Waals surface area (Å²) in [5.41, 5.74) is 1.49. The zero-order valence-electron chi connectivity index (χ0n) is 10.8. The lowest BCUT2D eigenvalue weighted by Gasteiger charge is -2.22. The van der Waals surface area contributed by atoms with Crippen LogP contribution in [0.15, 0.2) is 30.0 Å². The molecule has 0 saturated heterocycles. The van der Waals surface area contributed by atoms with Gasteiger partial charge in [0, 0.05) is 6.04 Å². The van der Waals surface area contributed by atoms with Crippen molar-refractivity contribution in [3.8, 4) is 0 Å². The van der Waals surface area contributed by atoms with Gasteiger partial charge < -0.3 is 10.0 Å². The Kier molecular flexibility index (Phi) is 2.78. The fourth-order valence-electron chi connectivity index (χ4n) is 2.24. The lowest BCUT2D eigenvalue weighted by Crippen LogP contribution is -2.33. The molecule has 0 fully saturated rings. The van der Waals surface area contributed by atoms with E-state index in [1.807, 2.05) is 43.0 Å². The number of hydrogen-bond donors (Lipinski definition) is 2. The van der Waals surface area contributed by atoms with E-state index in [1.165, 1.54) is 11.3 Å². The molecule has 2 heterocycles. The van der Waals surface area contributed by atoms with Gasteiger partial charge in [-0.05, 0) is 26.0 Å². The molecular formula is C14H15N3OS. The predicted molar refractivity (Wildman–Crippen MR) is 78.7 cm³/mol. The lowest BCUT2D eigenvalue weighted by atomic mass is 10.2. The van der Waals surface area contributed by atoms with Crippen LogP contribution in [0.25, 0.3) is 15.8 Å². The SMILES string of the molecule is CC(C)N1CC(O)=C(c2nc3ccccc3s2)C1=N. The van der Waals surface area contributed by atoms with E-state index in [-0.39, 0.29) is 11.8 Å². The van der Waals surface area contributed by atoms with Crippen molar-refractivity contribution in [3.05, 3.63) is 35.0 Å². The number of amidine groups is 1. The molecule has 2 aromatic rings. The predicted octanol–water partition coefficient (Wildman–Crippen LogP) is 3.27. The van der Waals surface area contributed by atoms with Gasteiger partial charge in [-0.1, -0.05) is 12.1 Å². The first-order valence-electron chi connectivity index (χ1n) is 6.21. The van der Waals surface area contributed by atoms with Crippen molar-refractivity contribution in [2.75, 3.05) is 6.54 Å². The number of benzene rings is 1. The van der Waals surface area contributed by atoms with Crippen molar-refractivity contribution in [1.82, 2.24) is 9.88 Å². The number of fused-ring (bicyclic) bond motifs is 1. The van der Waals surface area contributed by atoms with Crippen LogP contribution in [0.3, 0.4) is 0 Å². The van der Waals surface area contributed by atoms with Gasteiger partial charge in [0.25, 0.3) is 0 Å². The Labute approximate surface area is 115 Å². The molecule has 0 spiro atoms. The molecule has 1 aromatic carbocycles. The summed E-state index contributed by atoms with van der Waals surface area (Å²) in [6, 6.07) is 8.07. The van der Waals surface area contributed by atoms with E-state index in [4.69, 9.17) is 5.41 Å². The van der Waals surface area contributed by atoms with Crippen LogP contribution < -0.4 is 0 Å². The third kappa shape index (κ3) is 1.90. The molecule has 19 heavy (non-hydrogen) atoms. The average Bonchev–Trinajstić information content (AvgIpc) is 2.90. The first kappa shape index (κ1) is 12.2. The maximum absolute atomic E-state index is 10.1. The molecule has 1 aromatic heterocycles. The van der Waals surface area contributed by atoms with Crippen LogP contribution in [0.5, 0.6) is 0 Å². The van der Waals surface area contributed by atoms with Gasteiger partial charge in [-0.2, -0.15) is 0 Å². The molecule has 0 bridgehead atoms. The molecule has 0 atom stereocenters. The highest BCUT2D eigenvalue weighted by atomic mass is 32.1. The Bertz CT molecular complexity index is 654. The quantitative estimate of drug-likeness (QED) is 0.883. The number of thiazole rings is 1. The smallest absolute Gasteiger partial charge is 0.135 e. The number of nitrogens with one attached hydrogen (secondary N) is 1. The van der Waals surface area contributed by atoms with Crippen LogP contribution >= 0.6 is 11.3 Å². The zero-order chi connectivity index (χ0) is 13.6. The van der Waals surface area contributed by atoms with Crippen LogP contribution in [-0.2, 0) is 0 Å². The van der Waals surface area contributed by atoms with Gasteiger partial charge in [-0.15, -0.1) is 11.3 Å². The highest BCUT2D eigenvalue weighted by molar-refractivity contribution is 7.19. The fraction of sp³-hybridized carbons (Fsp3) is 0.286. The summed E-state index contributed by atoms with van der Waals surface area (Å²) in [5, 5.41) is 19.1. The summed E-state index contributed by atoms with van der Waals surface area (Å²) in [5.74, 6) is 0.615. The maximum Gasteiger partial charge on any atom is 0.135 e. The maximum atomic E-state index is 10.1. The minimum absolute atomic E-state index is 0.196. The molecule has 4 nitrogen and oxygen atoms in total. The standard InChI is InChI=1S/C14H15N3OS/c1-8(2)17-7-10(18)12(13(17)15)14-16-9-5-3-4-6-11(9)19-14/h3-6,8,15,18H,7H2,1-2H3. The van der Waals surface area contributed by atoms with E-state index in [1.54, 1.807) is 0 Å². The van der Waals surface area contributed by atoms with Crippen molar-refractivity contribution in [2.45, 2.75) is 19.9 Å². The summed E-state index contributed by atoms with van der Waals surface area (Å²) in [6.07, 6.45) is 0. The number of para-hydroxylation sites is 1. The minimum Gasteiger partial charge on any atom is -0.510 e. The summed E-state index contributed by atoms with van der Waals surface area (Å²) < 4.78 is 1.08. The Morgan fingerprint density at radius 3 is 2.74 bits per heavy atom. The monoisotopic (exact) mass is 273 g/mol. The van der Waals surface area contributed by atoms with Gasteiger partial charge in [0.1, 0.15) is 16.6 Å². The summed E-state index contributed by atoms with van der Waals surface area (Å²) in [6.45, 7) is 4.44. The van der Waals surface area contributed by atoms with Crippen LogP contribution in [0.4, 0.5) is 0 Å². The second kappa shape index (κ2) is 4.35. The van der Waals surface area contributed by atoms with Gasteiger partial charge in [0.15, 0.2) is 0 Å². The first-order valence-corrected chi connectivity index (χ1v) is 7.03. The third-order valence-corrected chi connectivity index (χ3v) is 4.32. The van der Waals surface area contributed by atoms with Crippen molar-refractivity contribution < 1.29 is 5.11 Å². The van der Waals surface area contributed by atoms with Crippen LogP contribution in [-0.4, -0.2) is 33.4 Å². The van der Waals surface area contributed by atoms with Gasteiger partial charge in [0.2, 0.25) is 0 Å². The fourth-order valence-corrected chi connectivity index (χ4v) is 3.28. The second-order valence-electron chi connectivity index (χ2n) is 4.88. The van der Waals surface area contributed by atoms with Gasteiger partial charge in [-0.25, -0.2) is 4.98 Å². The van der Waals surface area contributed by atoms with Crippen molar-refractivity contribution in [3.63, 3.8) is 0 Å².